The maximum Gasteiger partial charge on any atom is 0.187 e. The fourth-order valence-electron chi connectivity index (χ4n) is 4.09. The van der Waals surface area contributed by atoms with Crippen LogP contribution >= 0.6 is 0 Å². The molecule has 0 aromatic rings. The molecule has 29 heavy (non-hydrogen) atoms. The molecule has 4 heteroatoms. The Morgan fingerprint density at radius 2 is 1.17 bits per heavy atom. The molecule has 2 N–H and O–H groups in total. The third kappa shape index (κ3) is 11.8. The van der Waals surface area contributed by atoms with Gasteiger partial charge in [-0.15, -0.1) is 0 Å². The number of rotatable bonds is 19. The molecule has 1 rings (SSSR count). The maximum absolute atomic E-state index is 6.48. The van der Waals surface area contributed by atoms with Crippen LogP contribution in [0.5, 0.6) is 0 Å². The maximum atomic E-state index is 6.48. The molecule has 0 aromatic heterocycles. The van der Waals surface area contributed by atoms with E-state index in [9.17, 15) is 0 Å². The SMILES string of the molecule is CCCCCCCCCCCCCCCCCCN1C=NC(CC)=NC1(N)CC. The summed E-state index contributed by atoms with van der Waals surface area (Å²) in [6.45, 7) is 7.44. The first-order valence-electron chi connectivity index (χ1n) is 12.8. The lowest BCUT2D eigenvalue weighted by atomic mass is 10.0. The number of nitrogens with two attached hydrogens (primary N) is 1. The largest absolute Gasteiger partial charge is 0.326 e. The molecule has 1 heterocycles. The van der Waals surface area contributed by atoms with E-state index >= 15 is 0 Å². The summed E-state index contributed by atoms with van der Waals surface area (Å²) in [6, 6.07) is 0. The first-order chi connectivity index (χ1) is 14.2. The molecule has 0 bridgehead atoms. The molecule has 0 saturated carbocycles. The Labute approximate surface area is 181 Å². The Balaban J connectivity index is 1.90. The van der Waals surface area contributed by atoms with E-state index in [1.807, 2.05) is 6.34 Å². The van der Waals surface area contributed by atoms with E-state index < -0.39 is 5.79 Å². The van der Waals surface area contributed by atoms with Gasteiger partial charge in [0.15, 0.2) is 5.79 Å². The molecule has 1 aliphatic heterocycles. The van der Waals surface area contributed by atoms with Gasteiger partial charge in [-0.2, -0.15) is 0 Å². The van der Waals surface area contributed by atoms with Crippen LogP contribution in [0.25, 0.3) is 0 Å². The van der Waals surface area contributed by atoms with Crippen molar-refractivity contribution in [3.05, 3.63) is 0 Å². The molecule has 1 atom stereocenters. The predicted octanol–water partition coefficient (Wildman–Crippen LogP) is 7.42. The zero-order valence-electron chi connectivity index (χ0n) is 19.9. The Morgan fingerprint density at radius 3 is 1.59 bits per heavy atom. The average Bonchev–Trinajstić information content (AvgIpc) is 2.74. The van der Waals surface area contributed by atoms with Gasteiger partial charge in [0.2, 0.25) is 0 Å². The van der Waals surface area contributed by atoms with Gasteiger partial charge < -0.3 is 4.90 Å². The van der Waals surface area contributed by atoms with Gasteiger partial charge in [0.25, 0.3) is 0 Å². The second-order valence-corrected chi connectivity index (χ2v) is 8.85. The Morgan fingerprint density at radius 1 is 0.724 bits per heavy atom. The molecule has 0 amide bonds. The molecular weight excluding hydrogens is 356 g/mol. The fourth-order valence-corrected chi connectivity index (χ4v) is 4.09. The van der Waals surface area contributed by atoms with Crippen molar-refractivity contribution in [1.29, 1.82) is 0 Å². The van der Waals surface area contributed by atoms with Crippen molar-refractivity contribution in [2.75, 3.05) is 6.54 Å². The van der Waals surface area contributed by atoms with Gasteiger partial charge >= 0.3 is 0 Å². The van der Waals surface area contributed by atoms with Gasteiger partial charge in [-0.1, -0.05) is 117 Å². The van der Waals surface area contributed by atoms with E-state index in [1.165, 1.54) is 103 Å². The molecule has 0 aliphatic carbocycles. The number of unbranched alkanes of at least 4 members (excludes halogenated alkanes) is 15. The minimum atomic E-state index is -0.581. The number of hydrogen-bond donors (Lipinski definition) is 1. The Kier molecular flexibility index (Phi) is 15.2. The van der Waals surface area contributed by atoms with Crippen molar-refractivity contribution >= 4 is 12.2 Å². The predicted molar refractivity (Wildman–Crippen MR) is 130 cm³/mol. The summed E-state index contributed by atoms with van der Waals surface area (Å²) in [5.41, 5.74) is 6.48. The highest BCUT2D eigenvalue weighted by molar-refractivity contribution is 5.90. The van der Waals surface area contributed by atoms with Gasteiger partial charge in [0.05, 0.1) is 6.34 Å². The molecule has 0 spiro atoms. The van der Waals surface area contributed by atoms with Crippen molar-refractivity contribution in [2.24, 2.45) is 15.7 Å². The van der Waals surface area contributed by atoms with Gasteiger partial charge in [-0.3, -0.25) is 5.73 Å². The molecule has 0 aromatic carbocycles. The monoisotopic (exact) mass is 406 g/mol. The normalized spacial score (nSPS) is 19.0. The fraction of sp³-hybridized carbons (Fsp3) is 0.920. The van der Waals surface area contributed by atoms with Gasteiger partial charge in [-0.25, -0.2) is 9.98 Å². The first kappa shape index (κ1) is 26.1. The third-order valence-electron chi connectivity index (χ3n) is 6.26. The summed E-state index contributed by atoms with van der Waals surface area (Å²) in [5.74, 6) is 0.292. The van der Waals surface area contributed by atoms with Crippen LogP contribution < -0.4 is 5.73 Å². The lowest BCUT2D eigenvalue weighted by Crippen LogP contribution is -2.56. The van der Waals surface area contributed by atoms with Crippen LogP contribution in [-0.4, -0.2) is 29.4 Å². The number of nitrogens with zero attached hydrogens (tertiary/aromatic N) is 3. The van der Waals surface area contributed by atoms with Crippen LogP contribution in [0.3, 0.4) is 0 Å². The highest BCUT2D eigenvalue weighted by atomic mass is 15.4. The first-order valence-corrected chi connectivity index (χ1v) is 12.8. The highest BCUT2D eigenvalue weighted by Crippen LogP contribution is 2.20. The Bertz CT molecular complexity index is 446. The highest BCUT2D eigenvalue weighted by Gasteiger charge is 2.30. The van der Waals surface area contributed by atoms with Crippen LogP contribution in [0.4, 0.5) is 0 Å². The van der Waals surface area contributed by atoms with Crippen molar-refractivity contribution in [1.82, 2.24) is 4.90 Å². The lowest BCUT2D eigenvalue weighted by molar-refractivity contribution is 0.180. The summed E-state index contributed by atoms with van der Waals surface area (Å²) in [4.78, 5) is 11.2. The molecule has 1 aliphatic rings. The lowest BCUT2D eigenvalue weighted by Gasteiger charge is -2.38. The molecule has 0 saturated heterocycles. The van der Waals surface area contributed by atoms with E-state index in [0.29, 0.717) is 0 Å². The smallest absolute Gasteiger partial charge is 0.187 e. The standard InChI is InChI=1S/C25H50N4/c1-4-7-8-9-10-11-12-13-14-15-16-17-18-19-20-21-22-29-23-27-24(5-2)28-25(29,26)6-3/h23H,4-22,26H2,1-3H3. The van der Waals surface area contributed by atoms with E-state index in [0.717, 1.165) is 25.2 Å². The van der Waals surface area contributed by atoms with Crippen LogP contribution in [-0.2, 0) is 0 Å². The van der Waals surface area contributed by atoms with E-state index in [1.54, 1.807) is 0 Å². The van der Waals surface area contributed by atoms with Crippen molar-refractivity contribution in [3.63, 3.8) is 0 Å². The van der Waals surface area contributed by atoms with E-state index in [4.69, 9.17) is 5.73 Å². The quantitative estimate of drug-likeness (QED) is 0.227. The summed E-state index contributed by atoms with van der Waals surface area (Å²) >= 11 is 0. The van der Waals surface area contributed by atoms with E-state index in [-0.39, 0.29) is 0 Å². The van der Waals surface area contributed by atoms with Gasteiger partial charge in [0, 0.05) is 19.4 Å². The van der Waals surface area contributed by atoms with Crippen molar-refractivity contribution < 1.29 is 0 Å². The third-order valence-corrected chi connectivity index (χ3v) is 6.26. The summed E-state index contributed by atoms with van der Waals surface area (Å²) in [6.07, 6.45) is 26.0. The van der Waals surface area contributed by atoms with Crippen LogP contribution in [0.15, 0.2) is 9.98 Å². The molecule has 0 fully saturated rings. The summed E-state index contributed by atoms with van der Waals surface area (Å²) < 4.78 is 0. The zero-order chi connectivity index (χ0) is 21.2. The molecule has 4 nitrogen and oxygen atoms in total. The molecule has 170 valence electrons. The van der Waals surface area contributed by atoms with E-state index in [2.05, 4.69) is 35.7 Å². The van der Waals surface area contributed by atoms with Crippen LogP contribution in [0, 0.1) is 0 Å². The van der Waals surface area contributed by atoms with Gasteiger partial charge in [-0.05, 0) is 6.42 Å². The average molecular weight is 407 g/mol. The molecular formula is C25H50N4. The Hall–Kier alpha value is -0.900. The number of aliphatic imine (C=N–C) groups is 2. The number of hydrogen-bond acceptors (Lipinski definition) is 4. The zero-order valence-corrected chi connectivity index (χ0v) is 19.9. The number of amidine groups is 1. The second-order valence-electron chi connectivity index (χ2n) is 8.85. The molecule has 1 unspecified atom stereocenters. The van der Waals surface area contributed by atoms with Gasteiger partial charge in [0.1, 0.15) is 5.84 Å². The summed E-state index contributed by atoms with van der Waals surface area (Å²) in [5, 5.41) is 0. The van der Waals surface area contributed by atoms with Crippen molar-refractivity contribution in [2.45, 2.75) is 142 Å². The second kappa shape index (κ2) is 16.8. The minimum Gasteiger partial charge on any atom is -0.326 e. The van der Waals surface area contributed by atoms with Crippen LogP contribution in [0.2, 0.25) is 0 Å². The minimum absolute atomic E-state index is 0.581. The van der Waals surface area contributed by atoms with Crippen LogP contribution in [0.1, 0.15) is 136 Å². The van der Waals surface area contributed by atoms with Crippen molar-refractivity contribution in [3.8, 4) is 0 Å². The topological polar surface area (TPSA) is 54.0 Å². The summed E-state index contributed by atoms with van der Waals surface area (Å²) in [7, 11) is 0. The molecule has 0 radical (unpaired) electrons.